The molecule has 0 aliphatic heterocycles. The smallest absolute Gasteiger partial charge is 0.199 e. The molecule has 0 nitrogen and oxygen atoms in total. The van der Waals surface area contributed by atoms with E-state index in [0.717, 1.165) is 5.56 Å². The van der Waals surface area contributed by atoms with Crippen LogP contribution < -0.4 is 0 Å². The fourth-order valence-electron chi connectivity index (χ4n) is 0.478. The summed E-state index contributed by atoms with van der Waals surface area (Å²) in [6.07, 6.45) is 0. The summed E-state index contributed by atoms with van der Waals surface area (Å²) >= 11 is 0. The van der Waals surface area contributed by atoms with Gasteiger partial charge in [-0.3, -0.25) is 0 Å². The topological polar surface area (TPSA) is 0 Å². The van der Waals surface area contributed by atoms with Crippen molar-refractivity contribution in [2.24, 2.45) is 0 Å². The van der Waals surface area contributed by atoms with Crippen LogP contribution in [0.15, 0.2) is 30.3 Å². The van der Waals surface area contributed by atoms with Gasteiger partial charge >= 0.3 is 17.1 Å². The summed E-state index contributed by atoms with van der Waals surface area (Å²) in [6, 6.07) is 9.87. The van der Waals surface area contributed by atoms with Crippen molar-refractivity contribution in [3.63, 3.8) is 0 Å². The third-order valence-electron chi connectivity index (χ3n) is 0.843. The molecule has 0 aromatic heterocycles. The van der Waals surface area contributed by atoms with Gasteiger partial charge in [-0.2, -0.15) is 24.6 Å². The van der Waals surface area contributed by atoms with Crippen LogP contribution in [0.25, 0.3) is 0 Å². The minimum absolute atomic E-state index is 0. The van der Waals surface area contributed by atoms with Gasteiger partial charge in [-0.1, -0.05) is 6.07 Å². The van der Waals surface area contributed by atoms with E-state index in [1.165, 1.54) is 0 Å². The van der Waals surface area contributed by atoms with Gasteiger partial charge < -0.3 is 0 Å². The van der Waals surface area contributed by atoms with E-state index in [1.807, 2.05) is 30.3 Å². The summed E-state index contributed by atoms with van der Waals surface area (Å²) in [4.78, 5) is 0. The van der Waals surface area contributed by atoms with Crippen LogP contribution in [0, 0.1) is 6.92 Å². The standard InChI is InChI=1S/C7H7.Cu/c1-7-5-3-2-4-6-7;/h2-6H,1H2;/q-1;+1. The van der Waals surface area contributed by atoms with Crippen molar-refractivity contribution >= 4 is 0 Å². The van der Waals surface area contributed by atoms with Crippen molar-refractivity contribution in [1.29, 1.82) is 0 Å². The van der Waals surface area contributed by atoms with Crippen LogP contribution in [-0.2, 0) is 17.1 Å². The Morgan fingerprint density at radius 3 is 1.75 bits per heavy atom. The van der Waals surface area contributed by atoms with Gasteiger partial charge in [0.15, 0.2) is 0 Å². The molecule has 0 bridgehead atoms. The molecular weight excluding hydrogens is 148 g/mol. The summed E-state index contributed by atoms with van der Waals surface area (Å²) in [5.74, 6) is 0. The average Bonchev–Trinajstić information content (AvgIpc) is 1.69. The van der Waals surface area contributed by atoms with Gasteiger partial charge in [0.2, 0.25) is 0 Å². The van der Waals surface area contributed by atoms with Gasteiger partial charge in [0.1, 0.15) is 0 Å². The van der Waals surface area contributed by atoms with E-state index in [2.05, 4.69) is 6.92 Å². The molecule has 0 unspecified atom stereocenters. The van der Waals surface area contributed by atoms with Crippen LogP contribution >= 0.6 is 0 Å². The van der Waals surface area contributed by atoms with Crippen molar-refractivity contribution in [1.82, 2.24) is 0 Å². The maximum Gasteiger partial charge on any atom is 1.00 e. The van der Waals surface area contributed by atoms with E-state index in [-0.39, 0.29) is 17.1 Å². The molecule has 0 fully saturated rings. The van der Waals surface area contributed by atoms with Crippen molar-refractivity contribution in [2.45, 2.75) is 0 Å². The second-order valence-electron chi connectivity index (χ2n) is 1.49. The molecule has 0 N–H and O–H groups in total. The van der Waals surface area contributed by atoms with Crippen LogP contribution in [-0.4, -0.2) is 0 Å². The van der Waals surface area contributed by atoms with Crippen LogP contribution in [0.2, 0.25) is 0 Å². The first-order valence-electron chi connectivity index (χ1n) is 2.26. The molecule has 0 saturated heterocycles. The van der Waals surface area contributed by atoms with Gasteiger partial charge in [-0.25, -0.2) is 0 Å². The van der Waals surface area contributed by atoms with E-state index >= 15 is 0 Å². The molecule has 46 valence electrons. The van der Waals surface area contributed by atoms with E-state index in [1.54, 1.807) is 0 Å². The molecule has 0 aliphatic carbocycles. The fourth-order valence-corrected chi connectivity index (χ4v) is 0.478. The molecule has 0 aliphatic rings. The van der Waals surface area contributed by atoms with E-state index in [9.17, 15) is 0 Å². The van der Waals surface area contributed by atoms with Gasteiger partial charge in [-0.05, 0) is 0 Å². The predicted molar refractivity (Wildman–Crippen MR) is 30.9 cm³/mol. The molecular formula is C7H7Cu. The molecule has 1 heteroatoms. The zero-order valence-electron chi connectivity index (χ0n) is 4.40. The normalized spacial score (nSPS) is 7.50. The minimum Gasteiger partial charge on any atom is -0.199 e. The quantitative estimate of drug-likeness (QED) is 0.396. The Morgan fingerprint density at radius 1 is 1.00 bits per heavy atom. The van der Waals surface area contributed by atoms with Crippen LogP contribution in [0.4, 0.5) is 0 Å². The van der Waals surface area contributed by atoms with Crippen LogP contribution in [0.1, 0.15) is 5.56 Å². The molecule has 0 amide bonds. The van der Waals surface area contributed by atoms with Crippen molar-refractivity contribution in [3.05, 3.63) is 42.8 Å². The SMILES string of the molecule is [CH2-]c1ccccc1.[Cu+]. The monoisotopic (exact) mass is 154 g/mol. The summed E-state index contributed by atoms with van der Waals surface area (Å²) in [7, 11) is 0. The number of rotatable bonds is 0. The van der Waals surface area contributed by atoms with Crippen LogP contribution in [0.3, 0.4) is 0 Å². The predicted octanol–water partition coefficient (Wildman–Crippen LogP) is 1.87. The molecule has 1 rings (SSSR count). The Balaban J connectivity index is 0.000000490. The van der Waals surface area contributed by atoms with E-state index in [0.29, 0.717) is 0 Å². The summed E-state index contributed by atoms with van der Waals surface area (Å²) < 4.78 is 0. The van der Waals surface area contributed by atoms with Gasteiger partial charge in [-0.15, -0.1) is 12.1 Å². The maximum atomic E-state index is 3.72. The molecule has 0 atom stereocenters. The van der Waals surface area contributed by atoms with Crippen molar-refractivity contribution in [2.75, 3.05) is 0 Å². The number of hydrogen-bond acceptors (Lipinski definition) is 0. The first kappa shape index (κ1) is 7.61. The first-order valence-corrected chi connectivity index (χ1v) is 2.26. The number of hydrogen-bond donors (Lipinski definition) is 0. The largest absolute Gasteiger partial charge is 1.00 e. The molecule has 8 heavy (non-hydrogen) atoms. The Kier molecular flexibility index (Phi) is 3.42. The first-order chi connectivity index (χ1) is 3.39. The Labute approximate surface area is 60.4 Å². The Morgan fingerprint density at radius 2 is 1.50 bits per heavy atom. The summed E-state index contributed by atoms with van der Waals surface area (Å²) in [5.41, 5.74) is 1.07. The minimum atomic E-state index is 0. The molecule has 1 aromatic carbocycles. The molecule has 0 spiro atoms. The van der Waals surface area contributed by atoms with E-state index in [4.69, 9.17) is 0 Å². The zero-order valence-corrected chi connectivity index (χ0v) is 5.34. The third-order valence-corrected chi connectivity index (χ3v) is 0.843. The second kappa shape index (κ2) is 3.59. The Hall–Kier alpha value is -0.391. The third kappa shape index (κ3) is 2.06. The van der Waals surface area contributed by atoms with Crippen LogP contribution in [0.5, 0.6) is 0 Å². The van der Waals surface area contributed by atoms with Crippen molar-refractivity contribution in [3.8, 4) is 0 Å². The molecule has 1 aromatic rings. The second-order valence-corrected chi connectivity index (χ2v) is 1.49. The van der Waals surface area contributed by atoms with Gasteiger partial charge in [0, 0.05) is 0 Å². The molecule has 0 radical (unpaired) electrons. The zero-order chi connectivity index (χ0) is 5.11. The van der Waals surface area contributed by atoms with E-state index < -0.39 is 0 Å². The fraction of sp³-hybridized carbons (Fsp3) is 0. The van der Waals surface area contributed by atoms with Gasteiger partial charge in [0.05, 0.1) is 0 Å². The number of benzene rings is 1. The molecule has 0 saturated carbocycles. The average molecular weight is 155 g/mol. The molecule has 0 heterocycles. The van der Waals surface area contributed by atoms with Gasteiger partial charge in [0.25, 0.3) is 0 Å². The van der Waals surface area contributed by atoms with Crippen molar-refractivity contribution < 1.29 is 17.1 Å². The summed E-state index contributed by atoms with van der Waals surface area (Å²) in [6.45, 7) is 3.72. The maximum absolute atomic E-state index is 3.72. The summed E-state index contributed by atoms with van der Waals surface area (Å²) in [5, 5.41) is 0. The Bertz CT molecular complexity index is 134.